The third-order valence-electron chi connectivity index (χ3n) is 1.98. The lowest BCUT2D eigenvalue weighted by molar-refractivity contribution is -0.139. The van der Waals surface area contributed by atoms with Crippen LogP contribution in [0.2, 0.25) is 0 Å². The second-order valence-corrected chi connectivity index (χ2v) is 3.98. The van der Waals surface area contributed by atoms with E-state index in [0.717, 1.165) is 18.9 Å². The first-order valence-corrected chi connectivity index (χ1v) is 6.59. The van der Waals surface area contributed by atoms with Gasteiger partial charge in [-0.05, 0) is 6.92 Å². The molecule has 0 aliphatic heterocycles. The van der Waals surface area contributed by atoms with Crippen LogP contribution in [0.15, 0.2) is 24.8 Å². The van der Waals surface area contributed by atoms with E-state index in [4.69, 9.17) is 14.2 Å². The highest BCUT2D eigenvalue weighted by atomic mass is 16.5. The molecular formula is C15H26O6. The quantitative estimate of drug-likeness (QED) is 0.349. The topological polar surface area (TPSA) is 71.1 Å². The standard InChI is InChI=1S/C8H14O3.C7H12O3/c1-7(2)8(9)11-6-4-5-10-3;1-3-7(8)10-6-4-5-9-2/h1,4-6H2,2-3H3;3H,1,4-6H2,2H3. The molecule has 0 aliphatic carbocycles. The molecule has 0 saturated carbocycles. The van der Waals surface area contributed by atoms with Crippen molar-refractivity contribution >= 4 is 11.9 Å². The van der Waals surface area contributed by atoms with E-state index < -0.39 is 0 Å². The largest absolute Gasteiger partial charge is 0.462 e. The zero-order valence-electron chi connectivity index (χ0n) is 13.2. The van der Waals surface area contributed by atoms with Crippen molar-refractivity contribution in [2.45, 2.75) is 19.8 Å². The second-order valence-electron chi connectivity index (χ2n) is 3.98. The number of methoxy groups -OCH3 is 2. The fourth-order valence-corrected chi connectivity index (χ4v) is 0.926. The molecule has 0 saturated heterocycles. The first-order chi connectivity index (χ1) is 9.99. The van der Waals surface area contributed by atoms with Crippen LogP contribution in [0.1, 0.15) is 19.8 Å². The SMILES string of the molecule is C=C(C)C(=O)OCCCOC.C=CC(=O)OCCCOC. The Morgan fingerprint density at radius 1 is 0.952 bits per heavy atom. The van der Waals surface area contributed by atoms with Crippen LogP contribution in [0, 0.1) is 0 Å². The van der Waals surface area contributed by atoms with E-state index in [2.05, 4.69) is 17.9 Å². The first-order valence-electron chi connectivity index (χ1n) is 6.59. The summed E-state index contributed by atoms with van der Waals surface area (Å²) in [5.74, 6) is -0.711. The van der Waals surface area contributed by atoms with Crippen LogP contribution in [0.25, 0.3) is 0 Å². The van der Waals surface area contributed by atoms with Crippen LogP contribution in [-0.2, 0) is 28.5 Å². The maximum Gasteiger partial charge on any atom is 0.333 e. The molecule has 0 rings (SSSR count). The van der Waals surface area contributed by atoms with Crippen molar-refractivity contribution in [1.82, 2.24) is 0 Å². The number of carbonyl (C=O) groups is 2. The summed E-state index contributed by atoms with van der Waals surface area (Å²) in [6, 6.07) is 0. The lowest BCUT2D eigenvalue weighted by Gasteiger charge is -2.02. The molecule has 0 unspecified atom stereocenters. The predicted molar refractivity (Wildman–Crippen MR) is 79.9 cm³/mol. The van der Waals surface area contributed by atoms with Crippen molar-refractivity contribution in [1.29, 1.82) is 0 Å². The Kier molecular flexibility index (Phi) is 16.9. The predicted octanol–water partition coefficient (Wildman–Crippen LogP) is 1.89. The molecule has 21 heavy (non-hydrogen) atoms. The number of rotatable bonds is 10. The van der Waals surface area contributed by atoms with Gasteiger partial charge >= 0.3 is 11.9 Å². The van der Waals surface area contributed by atoms with Crippen molar-refractivity contribution in [3.63, 3.8) is 0 Å². The molecule has 0 amide bonds. The van der Waals surface area contributed by atoms with Gasteiger partial charge in [0.15, 0.2) is 0 Å². The molecule has 6 heteroatoms. The average molecular weight is 302 g/mol. The van der Waals surface area contributed by atoms with E-state index in [1.54, 1.807) is 21.1 Å². The third kappa shape index (κ3) is 18.3. The van der Waals surface area contributed by atoms with Gasteiger partial charge in [-0.2, -0.15) is 0 Å². The minimum atomic E-state index is -0.379. The van der Waals surface area contributed by atoms with E-state index in [1.165, 1.54) is 0 Å². The number of esters is 2. The molecule has 0 aliphatic rings. The molecule has 0 atom stereocenters. The monoisotopic (exact) mass is 302 g/mol. The van der Waals surface area contributed by atoms with Gasteiger partial charge in [0.25, 0.3) is 0 Å². The second kappa shape index (κ2) is 16.4. The number of hydrogen-bond donors (Lipinski definition) is 0. The summed E-state index contributed by atoms with van der Waals surface area (Å²) >= 11 is 0. The highest BCUT2D eigenvalue weighted by molar-refractivity contribution is 5.86. The number of carbonyl (C=O) groups excluding carboxylic acids is 2. The van der Waals surface area contributed by atoms with Crippen LogP contribution >= 0.6 is 0 Å². The van der Waals surface area contributed by atoms with Gasteiger partial charge < -0.3 is 18.9 Å². The maximum absolute atomic E-state index is 10.7. The normalized spacial score (nSPS) is 9.10. The smallest absolute Gasteiger partial charge is 0.333 e. The summed E-state index contributed by atoms with van der Waals surface area (Å²) in [4.78, 5) is 21.1. The van der Waals surface area contributed by atoms with E-state index in [-0.39, 0.29) is 11.9 Å². The summed E-state index contributed by atoms with van der Waals surface area (Å²) in [5.41, 5.74) is 0.433. The summed E-state index contributed by atoms with van der Waals surface area (Å²) in [6.07, 6.45) is 2.61. The van der Waals surface area contributed by atoms with Gasteiger partial charge in [0.05, 0.1) is 13.2 Å². The number of hydrogen-bond acceptors (Lipinski definition) is 6. The minimum absolute atomic E-state index is 0.332. The summed E-state index contributed by atoms with van der Waals surface area (Å²) < 4.78 is 19.0. The van der Waals surface area contributed by atoms with Crippen molar-refractivity contribution in [3.8, 4) is 0 Å². The third-order valence-corrected chi connectivity index (χ3v) is 1.98. The zero-order valence-corrected chi connectivity index (χ0v) is 13.2. The first kappa shape index (κ1) is 21.6. The Bertz CT molecular complexity index is 311. The van der Waals surface area contributed by atoms with Crippen LogP contribution in [0.3, 0.4) is 0 Å². The van der Waals surface area contributed by atoms with Gasteiger partial charge in [-0.15, -0.1) is 0 Å². The summed E-state index contributed by atoms with van der Waals surface area (Å²) in [7, 11) is 3.22. The minimum Gasteiger partial charge on any atom is -0.462 e. The Labute approximate surface area is 126 Å². The van der Waals surface area contributed by atoms with Gasteiger partial charge in [-0.3, -0.25) is 0 Å². The Morgan fingerprint density at radius 3 is 1.81 bits per heavy atom. The van der Waals surface area contributed by atoms with Crippen LogP contribution in [-0.4, -0.2) is 52.6 Å². The van der Waals surface area contributed by atoms with E-state index in [9.17, 15) is 9.59 Å². The molecule has 0 N–H and O–H groups in total. The van der Waals surface area contributed by atoms with Crippen molar-refractivity contribution in [2.24, 2.45) is 0 Å². The van der Waals surface area contributed by atoms with Crippen LogP contribution < -0.4 is 0 Å². The van der Waals surface area contributed by atoms with Crippen LogP contribution in [0.5, 0.6) is 0 Å². The van der Waals surface area contributed by atoms with Crippen LogP contribution in [0.4, 0.5) is 0 Å². The Morgan fingerprint density at radius 2 is 1.43 bits per heavy atom. The highest BCUT2D eigenvalue weighted by Crippen LogP contribution is 1.93. The Hall–Kier alpha value is -1.66. The maximum atomic E-state index is 10.7. The molecular weight excluding hydrogens is 276 g/mol. The molecule has 0 aromatic carbocycles. The zero-order chi connectivity index (χ0) is 16.5. The average Bonchev–Trinajstić information content (AvgIpc) is 2.48. The van der Waals surface area contributed by atoms with Gasteiger partial charge in [-0.25, -0.2) is 9.59 Å². The molecule has 0 bridgehead atoms. The summed E-state index contributed by atoms with van der Waals surface area (Å²) in [6.45, 7) is 10.4. The van der Waals surface area contributed by atoms with E-state index in [1.807, 2.05) is 0 Å². The molecule has 0 spiro atoms. The van der Waals surface area contributed by atoms with Gasteiger partial charge in [-0.1, -0.05) is 13.2 Å². The Balaban J connectivity index is 0. The lowest BCUT2D eigenvalue weighted by atomic mass is 10.4. The molecule has 6 nitrogen and oxygen atoms in total. The summed E-state index contributed by atoms with van der Waals surface area (Å²) in [5, 5.41) is 0. The molecule has 0 aromatic heterocycles. The molecule has 122 valence electrons. The molecule has 0 fully saturated rings. The van der Waals surface area contributed by atoms with Crippen molar-refractivity contribution in [2.75, 3.05) is 40.6 Å². The molecule has 0 radical (unpaired) electrons. The van der Waals surface area contributed by atoms with E-state index in [0.29, 0.717) is 32.0 Å². The lowest BCUT2D eigenvalue weighted by Crippen LogP contribution is -2.07. The van der Waals surface area contributed by atoms with E-state index >= 15 is 0 Å². The molecule has 0 heterocycles. The number of ether oxygens (including phenoxy) is 4. The van der Waals surface area contributed by atoms with Gasteiger partial charge in [0.1, 0.15) is 0 Å². The van der Waals surface area contributed by atoms with Crippen molar-refractivity contribution < 1.29 is 28.5 Å². The van der Waals surface area contributed by atoms with Gasteiger partial charge in [0.2, 0.25) is 0 Å². The fourth-order valence-electron chi connectivity index (χ4n) is 0.926. The van der Waals surface area contributed by atoms with Crippen molar-refractivity contribution in [3.05, 3.63) is 24.8 Å². The molecule has 0 aromatic rings. The van der Waals surface area contributed by atoms with Gasteiger partial charge in [0, 0.05) is 51.9 Å². The fraction of sp³-hybridized carbons (Fsp3) is 0.600. The highest BCUT2D eigenvalue weighted by Gasteiger charge is 2.00.